The molecule has 0 saturated heterocycles. The molecule has 1 aromatic carbocycles. The number of rotatable bonds is 4. The van der Waals surface area contributed by atoms with Gasteiger partial charge in [-0.05, 0) is 30.9 Å². The summed E-state index contributed by atoms with van der Waals surface area (Å²) in [5, 5.41) is 0. The molecule has 6 heteroatoms. The second-order valence-electron chi connectivity index (χ2n) is 3.95. The molecule has 1 fully saturated rings. The smallest absolute Gasteiger partial charge is 0.242 e. The van der Waals surface area contributed by atoms with Gasteiger partial charge in [0.1, 0.15) is 10.7 Å². The summed E-state index contributed by atoms with van der Waals surface area (Å²) in [4.78, 5) is -0.187. The van der Waals surface area contributed by atoms with E-state index in [1.807, 2.05) is 0 Å². The van der Waals surface area contributed by atoms with Gasteiger partial charge in [0.2, 0.25) is 10.0 Å². The second-order valence-corrected chi connectivity index (χ2v) is 5.68. The quantitative estimate of drug-likeness (QED) is 0.779. The molecular formula is C10H13FN2O2S. The molecule has 16 heavy (non-hydrogen) atoms. The zero-order valence-corrected chi connectivity index (χ0v) is 9.43. The average Bonchev–Trinajstić information content (AvgIpc) is 3.03. The van der Waals surface area contributed by atoms with Crippen LogP contribution < -0.4 is 10.5 Å². The Kier molecular flexibility index (Phi) is 2.86. The number of benzene rings is 1. The van der Waals surface area contributed by atoms with Gasteiger partial charge in [0.15, 0.2) is 0 Å². The van der Waals surface area contributed by atoms with E-state index in [0.29, 0.717) is 12.5 Å². The van der Waals surface area contributed by atoms with Gasteiger partial charge in [-0.2, -0.15) is 0 Å². The Hall–Kier alpha value is -1.14. The summed E-state index contributed by atoms with van der Waals surface area (Å²) < 4.78 is 39.1. The molecular weight excluding hydrogens is 231 g/mol. The Morgan fingerprint density at radius 2 is 2.12 bits per heavy atom. The predicted octanol–water partition coefficient (Wildman–Crippen LogP) is 1.10. The molecule has 2 rings (SSSR count). The highest BCUT2D eigenvalue weighted by Gasteiger charge is 2.25. The first-order valence-electron chi connectivity index (χ1n) is 5.04. The number of para-hydroxylation sites is 1. The molecule has 1 aromatic rings. The van der Waals surface area contributed by atoms with Gasteiger partial charge in [-0.3, -0.25) is 0 Å². The molecule has 0 aliphatic heterocycles. The van der Waals surface area contributed by atoms with E-state index in [1.54, 1.807) is 0 Å². The van der Waals surface area contributed by atoms with Crippen LogP contribution in [-0.2, 0) is 10.0 Å². The van der Waals surface area contributed by atoms with Crippen molar-refractivity contribution >= 4 is 15.7 Å². The molecule has 0 bridgehead atoms. The third-order valence-electron chi connectivity index (χ3n) is 2.56. The van der Waals surface area contributed by atoms with Crippen LogP contribution in [0, 0.1) is 11.7 Å². The van der Waals surface area contributed by atoms with Gasteiger partial charge in [0, 0.05) is 6.54 Å². The van der Waals surface area contributed by atoms with Gasteiger partial charge in [0.25, 0.3) is 0 Å². The number of hydrogen-bond donors (Lipinski definition) is 2. The van der Waals surface area contributed by atoms with Crippen LogP contribution in [-0.4, -0.2) is 15.0 Å². The Morgan fingerprint density at radius 3 is 2.75 bits per heavy atom. The van der Waals surface area contributed by atoms with Crippen LogP contribution in [0.1, 0.15) is 12.8 Å². The first-order chi connectivity index (χ1) is 7.50. The lowest BCUT2D eigenvalue weighted by molar-refractivity contribution is 0.575. The number of nitrogens with one attached hydrogen (secondary N) is 1. The van der Waals surface area contributed by atoms with E-state index >= 15 is 0 Å². The fourth-order valence-electron chi connectivity index (χ4n) is 1.38. The zero-order chi connectivity index (χ0) is 11.8. The molecule has 1 saturated carbocycles. The third-order valence-corrected chi connectivity index (χ3v) is 4.04. The molecule has 4 nitrogen and oxygen atoms in total. The summed E-state index contributed by atoms with van der Waals surface area (Å²) in [7, 11) is -3.68. The monoisotopic (exact) mass is 244 g/mol. The van der Waals surface area contributed by atoms with Gasteiger partial charge in [-0.1, -0.05) is 6.07 Å². The number of nitrogen functional groups attached to an aromatic ring is 1. The molecule has 0 heterocycles. The van der Waals surface area contributed by atoms with E-state index in [-0.39, 0.29) is 10.6 Å². The molecule has 0 spiro atoms. The van der Waals surface area contributed by atoms with Crippen molar-refractivity contribution in [2.45, 2.75) is 17.7 Å². The van der Waals surface area contributed by atoms with E-state index < -0.39 is 15.8 Å². The van der Waals surface area contributed by atoms with Crippen LogP contribution in [0.25, 0.3) is 0 Å². The van der Waals surface area contributed by atoms with Crippen molar-refractivity contribution in [3.8, 4) is 0 Å². The largest absolute Gasteiger partial charge is 0.395 e. The van der Waals surface area contributed by atoms with Crippen molar-refractivity contribution < 1.29 is 12.8 Å². The fourth-order valence-corrected chi connectivity index (χ4v) is 2.63. The fraction of sp³-hybridized carbons (Fsp3) is 0.400. The summed E-state index contributed by atoms with van der Waals surface area (Å²) in [5.74, 6) is -0.293. The SMILES string of the molecule is Nc1c(F)cccc1S(=O)(=O)NCC1CC1. The molecule has 88 valence electrons. The Bertz CT molecular complexity index is 498. The van der Waals surface area contributed by atoms with Crippen molar-refractivity contribution in [1.29, 1.82) is 0 Å². The molecule has 0 radical (unpaired) electrons. The van der Waals surface area contributed by atoms with Crippen molar-refractivity contribution in [1.82, 2.24) is 4.72 Å². The minimum Gasteiger partial charge on any atom is -0.395 e. The molecule has 0 unspecified atom stereocenters. The summed E-state index contributed by atoms with van der Waals surface area (Å²) in [6.07, 6.45) is 2.09. The molecule has 0 atom stereocenters. The van der Waals surface area contributed by atoms with Crippen LogP contribution in [0.3, 0.4) is 0 Å². The maximum absolute atomic E-state index is 13.1. The molecule has 1 aliphatic rings. The molecule has 3 N–H and O–H groups in total. The normalized spacial score (nSPS) is 16.3. The first-order valence-corrected chi connectivity index (χ1v) is 6.52. The molecule has 0 aromatic heterocycles. The minimum atomic E-state index is -3.68. The first kappa shape index (κ1) is 11.3. The van der Waals surface area contributed by atoms with Crippen molar-refractivity contribution in [3.05, 3.63) is 24.0 Å². The lowest BCUT2D eigenvalue weighted by Gasteiger charge is -2.08. The van der Waals surface area contributed by atoms with Crippen molar-refractivity contribution in [2.24, 2.45) is 5.92 Å². The lowest BCUT2D eigenvalue weighted by Crippen LogP contribution is -2.26. The number of hydrogen-bond acceptors (Lipinski definition) is 3. The average molecular weight is 244 g/mol. The van der Waals surface area contributed by atoms with Crippen LogP contribution >= 0.6 is 0 Å². The van der Waals surface area contributed by atoms with E-state index in [4.69, 9.17) is 5.73 Å². The van der Waals surface area contributed by atoms with Crippen molar-refractivity contribution in [2.75, 3.05) is 12.3 Å². The van der Waals surface area contributed by atoms with E-state index in [0.717, 1.165) is 18.9 Å². The number of halogens is 1. The van der Waals surface area contributed by atoms with Gasteiger partial charge in [-0.25, -0.2) is 17.5 Å². The third kappa shape index (κ3) is 2.33. The van der Waals surface area contributed by atoms with Crippen molar-refractivity contribution in [3.63, 3.8) is 0 Å². The van der Waals surface area contributed by atoms with Gasteiger partial charge in [-0.15, -0.1) is 0 Å². The van der Waals surface area contributed by atoms with Gasteiger partial charge >= 0.3 is 0 Å². The summed E-state index contributed by atoms with van der Waals surface area (Å²) >= 11 is 0. The second kappa shape index (κ2) is 4.03. The van der Waals surface area contributed by atoms with Crippen LogP contribution in [0.5, 0.6) is 0 Å². The maximum atomic E-state index is 13.1. The van der Waals surface area contributed by atoms with E-state index in [9.17, 15) is 12.8 Å². The highest BCUT2D eigenvalue weighted by Crippen LogP contribution is 2.28. The van der Waals surface area contributed by atoms with Gasteiger partial charge in [0.05, 0.1) is 5.69 Å². The minimum absolute atomic E-state index is 0.187. The Balaban J connectivity index is 2.23. The summed E-state index contributed by atoms with van der Waals surface area (Å²) in [5.41, 5.74) is 5.07. The lowest BCUT2D eigenvalue weighted by atomic mass is 10.3. The number of nitrogens with two attached hydrogens (primary N) is 1. The topological polar surface area (TPSA) is 72.2 Å². The zero-order valence-electron chi connectivity index (χ0n) is 8.61. The van der Waals surface area contributed by atoms with E-state index in [2.05, 4.69) is 4.72 Å². The number of sulfonamides is 1. The highest BCUT2D eigenvalue weighted by atomic mass is 32.2. The predicted molar refractivity (Wildman–Crippen MR) is 58.7 cm³/mol. The molecule has 0 amide bonds. The van der Waals surface area contributed by atoms with Gasteiger partial charge < -0.3 is 5.73 Å². The molecule has 1 aliphatic carbocycles. The highest BCUT2D eigenvalue weighted by molar-refractivity contribution is 7.89. The summed E-state index contributed by atoms with van der Waals surface area (Å²) in [6, 6.07) is 3.76. The van der Waals surface area contributed by atoms with Crippen LogP contribution in [0.15, 0.2) is 23.1 Å². The van der Waals surface area contributed by atoms with Crippen LogP contribution in [0.2, 0.25) is 0 Å². The summed E-state index contributed by atoms with van der Waals surface area (Å²) in [6.45, 7) is 0.401. The van der Waals surface area contributed by atoms with E-state index in [1.165, 1.54) is 12.1 Å². The van der Waals surface area contributed by atoms with Crippen LogP contribution in [0.4, 0.5) is 10.1 Å². The maximum Gasteiger partial charge on any atom is 0.242 e. The Morgan fingerprint density at radius 1 is 1.44 bits per heavy atom. The standard InChI is InChI=1S/C10H13FN2O2S/c11-8-2-1-3-9(10(8)12)16(14,15)13-6-7-4-5-7/h1-3,7,13H,4-6,12H2. The number of anilines is 1. The Labute approximate surface area is 93.7 Å².